The van der Waals surface area contributed by atoms with E-state index in [0.717, 1.165) is 33.8 Å². The molecule has 0 spiro atoms. The summed E-state index contributed by atoms with van der Waals surface area (Å²) in [6.07, 6.45) is 0. The van der Waals surface area contributed by atoms with Crippen molar-refractivity contribution in [2.45, 2.75) is 19.5 Å². The zero-order chi connectivity index (χ0) is 20.9. The lowest BCUT2D eigenvalue weighted by atomic mass is 10.0. The van der Waals surface area contributed by atoms with Crippen LogP contribution in [0.15, 0.2) is 51.0 Å². The van der Waals surface area contributed by atoms with Crippen LogP contribution in [-0.2, 0) is 16.1 Å². The molecular formula is C21H24N4O4S. The van der Waals surface area contributed by atoms with Crippen molar-refractivity contribution in [3.8, 4) is 10.8 Å². The van der Waals surface area contributed by atoms with Crippen molar-refractivity contribution >= 4 is 17.2 Å². The van der Waals surface area contributed by atoms with Gasteiger partial charge in [-0.05, 0) is 23.9 Å². The number of carbonyl (C=O) groups excluding carboxylic acids is 1. The summed E-state index contributed by atoms with van der Waals surface area (Å²) in [5.41, 5.74) is 2.18. The van der Waals surface area contributed by atoms with Crippen LogP contribution in [0.25, 0.3) is 10.8 Å². The van der Waals surface area contributed by atoms with Crippen molar-refractivity contribution in [3.05, 3.63) is 63.5 Å². The molecule has 1 amide bonds. The van der Waals surface area contributed by atoms with Gasteiger partial charge in [0.25, 0.3) is 5.89 Å². The molecule has 0 radical (unpaired) electrons. The molecular weight excluding hydrogens is 404 g/mol. The van der Waals surface area contributed by atoms with E-state index in [0.29, 0.717) is 19.8 Å². The van der Waals surface area contributed by atoms with Gasteiger partial charge in [-0.15, -0.1) is 16.4 Å². The fraction of sp³-hybridized carbons (Fsp3) is 0.381. The summed E-state index contributed by atoms with van der Waals surface area (Å²) in [6, 6.07) is 11.6. The van der Waals surface area contributed by atoms with Crippen LogP contribution < -0.4 is 11.1 Å². The number of carbonyl (C=O) groups is 1. The Morgan fingerprint density at radius 2 is 2.00 bits per heavy atom. The minimum atomic E-state index is -0.645. The van der Waals surface area contributed by atoms with Gasteiger partial charge in [0.1, 0.15) is 6.54 Å². The van der Waals surface area contributed by atoms with E-state index in [-0.39, 0.29) is 24.4 Å². The Hall–Kier alpha value is -2.75. The normalized spacial score (nSPS) is 15.8. The summed E-state index contributed by atoms with van der Waals surface area (Å²) in [7, 11) is 0. The summed E-state index contributed by atoms with van der Waals surface area (Å²) < 4.78 is 11.7. The second-order valence-corrected chi connectivity index (χ2v) is 8.20. The molecule has 1 saturated heterocycles. The van der Waals surface area contributed by atoms with Crippen LogP contribution in [0.3, 0.4) is 0 Å². The number of amides is 1. The zero-order valence-electron chi connectivity index (χ0n) is 16.7. The summed E-state index contributed by atoms with van der Waals surface area (Å²) in [6.45, 7) is 5.53. The summed E-state index contributed by atoms with van der Waals surface area (Å²) in [5, 5.41) is 9.09. The lowest BCUT2D eigenvalue weighted by molar-refractivity contribution is -0.122. The van der Waals surface area contributed by atoms with E-state index < -0.39 is 5.76 Å². The fourth-order valence-corrected chi connectivity index (χ4v) is 4.00. The topological polar surface area (TPSA) is 89.6 Å². The molecule has 1 aliphatic rings. The first-order chi connectivity index (χ1) is 14.6. The summed E-state index contributed by atoms with van der Waals surface area (Å²) in [5.74, 6) is -0.707. The Morgan fingerprint density at radius 1 is 1.23 bits per heavy atom. The minimum Gasteiger partial charge on any atom is -0.387 e. The molecule has 0 saturated carbocycles. The van der Waals surface area contributed by atoms with Crippen molar-refractivity contribution in [3.63, 3.8) is 0 Å². The molecule has 1 unspecified atom stereocenters. The highest BCUT2D eigenvalue weighted by atomic mass is 32.1. The van der Waals surface area contributed by atoms with Crippen molar-refractivity contribution in [2.24, 2.45) is 0 Å². The van der Waals surface area contributed by atoms with Crippen LogP contribution in [0, 0.1) is 6.92 Å². The summed E-state index contributed by atoms with van der Waals surface area (Å²) in [4.78, 5) is 27.9. The maximum absolute atomic E-state index is 12.8. The third-order valence-electron chi connectivity index (χ3n) is 4.99. The van der Waals surface area contributed by atoms with E-state index in [2.05, 4.69) is 15.3 Å². The maximum atomic E-state index is 12.8. The first-order valence-electron chi connectivity index (χ1n) is 9.86. The lowest BCUT2D eigenvalue weighted by Crippen LogP contribution is -2.44. The van der Waals surface area contributed by atoms with E-state index >= 15 is 0 Å². The number of aryl methyl sites for hydroxylation is 1. The standard InChI is InChI=1S/C21H24N4O4S/c1-15-4-6-16(7-5-15)17(13-24-8-10-28-11-9-24)22-19(26)14-25-21(27)29-20(23-25)18-3-2-12-30-18/h2-7,12,17H,8-11,13-14H2,1H3,(H,22,26). The molecule has 1 fully saturated rings. The van der Waals surface area contributed by atoms with Gasteiger partial charge in [-0.25, -0.2) is 4.79 Å². The predicted molar refractivity (Wildman–Crippen MR) is 113 cm³/mol. The maximum Gasteiger partial charge on any atom is 0.437 e. The van der Waals surface area contributed by atoms with Gasteiger partial charge in [0.05, 0.1) is 24.1 Å². The van der Waals surface area contributed by atoms with E-state index in [4.69, 9.17) is 9.15 Å². The quantitative estimate of drug-likeness (QED) is 0.620. The van der Waals surface area contributed by atoms with Gasteiger partial charge >= 0.3 is 5.76 Å². The monoisotopic (exact) mass is 428 g/mol. The lowest BCUT2D eigenvalue weighted by Gasteiger charge is -2.31. The third kappa shape index (κ3) is 5.05. The molecule has 0 aliphatic carbocycles. The predicted octanol–water partition coefficient (Wildman–Crippen LogP) is 2.06. The molecule has 30 heavy (non-hydrogen) atoms. The molecule has 1 aromatic carbocycles. The van der Waals surface area contributed by atoms with E-state index in [1.807, 2.05) is 48.7 Å². The molecule has 9 heteroatoms. The van der Waals surface area contributed by atoms with Crippen LogP contribution in [0.1, 0.15) is 17.2 Å². The minimum absolute atomic E-state index is 0.195. The summed E-state index contributed by atoms with van der Waals surface area (Å²) >= 11 is 1.42. The van der Waals surface area contributed by atoms with Gasteiger partial charge in [-0.2, -0.15) is 4.68 Å². The fourth-order valence-electron chi connectivity index (χ4n) is 3.36. The van der Waals surface area contributed by atoms with Crippen LogP contribution in [-0.4, -0.2) is 53.4 Å². The molecule has 1 N–H and O–H groups in total. The first-order valence-corrected chi connectivity index (χ1v) is 10.7. The molecule has 1 atom stereocenters. The third-order valence-corrected chi connectivity index (χ3v) is 5.85. The van der Waals surface area contributed by atoms with Crippen LogP contribution in [0.2, 0.25) is 0 Å². The molecule has 3 aromatic rings. The van der Waals surface area contributed by atoms with E-state index in [9.17, 15) is 9.59 Å². The number of thiophene rings is 1. The number of ether oxygens (including phenoxy) is 1. The molecule has 1 aliphatic heterocycles. The van der Waals surface area contributed by atoms with Gasteiger partial charge in [0, 0.05) is 19.6 Å². The van der Waals surface area contributed by atoms with E-state index in [1.165, 1.54) is 11.3 Å². The smallest absolute Gasteiger partial charge is 0.387 e. The average Bonchev–Trinajstić information content (AvgIpc) is 3.39. The Labute approximate surface area is 178 Å². The molecule has 158 valence electrons. The number of hydrogen-bond donors (Lipinski definition) is 1. The second-order valence-electron chi connectivity index (χ2n) is 7.25. The molecule has 0 bridgehead atoms. The number of rotatable bonds is 7. The average molecular weight is 429 g/mol. The number of benzene rings is 1. The van der Waals surface area contributed by atoms with Gasteiger partial charge in [-0.3, -0.25) is 9.69 Å². The Balaban J connectivity index is 1.47. The second kappa shape index (κ2) is 9.38. The number of nitrogens with zero attached hydrogens (tertiary/aromatic N) is 3. The SMILES string of the molecule is Cc1ccc(C(CN2CCOCC2)NC(=O)Cn2nc(-c3cccs3)oc2=O)cc1. The highest BCUT2D eigenvalue weighted by Crippen LogP contribution is 2.21. The van der Waals surface area contributed by atoms with Crippen molar-refractivity contribution in [1.82, 2.24) is 20.0 Å². The molecule has 2 aromatic heterocycles. The zero-order valence-corrected chi connectivity index (χ0v) is 17.6. The van der Waals surface area contributed by atoms with Crippen molar-refractivity contribution in [2.75, 3.05) is 32.8 Å². The first kappa shape index (κ1) is 20.5. The Bertz CT molecular complexity index is 1020. The number of morpholine rings is 1. The molecule has 3 heterocycles. The Kier molecular flexibility index (Phi) is 6.41. The molecule has 8 nitrogen and oxygen atoms in total. The van der Waals surface area contributed by atoms with Crippen molar-refractivity contribution < 1.29 is 13.9 Å². The van der Waals surface area contributed by atoms with Gasteiger partial charge < -0.3 is 14.5 Å². The van der Waals surface area contributed by atoms with Crippen molar-refractivity contribution in [1.29, 1.82) is 0 Å². The number of nitrogens with one attached hydrogen (secondary N) is 1. The highest BCUT2D eigenvalue weighted by molar-refractivity contribution is 7.13. The Morgan fingerprint density at radius 3 is 2.70 bits per heavy atom. The highest BCUT2D eigenvalue weighted by Gasteiger charge is 2.21. The van der Waals surface area contributed by atoms with Gasteiger partial charge in [-0.1, -0.05) is 35.9 Å². The number of hydrogen-bond acceptors (Lipinski definition) is 7. The van der Waals surface area contributed by atoms with Crippen LogP contribution in [0.4, 0.5) is 0 Å². The largest absolute Gasteiger partial charge is 0.437 e. The van der Waals surface area contributed by atoms with Crippen LogP contribution >= 0.6 is 11.3 Å². The van der Waals surface area contributed by atoms with Crippen LogP contribution in [0.5, 0.6) is 0 Å². The van der Waals surface area contributed by atoms with Gasteiger partial charge in [0.15, 0.2) is 0 Å². The number of aromatic nitrogens is 2. The molecule has 4 rings (SSSR count). The van der Waals surface area contributed by atoms with E-state index in [1.54, 1.807) is 0 Å². The van der Waals surface area contributed by atoms with Gasteiger partial charge in [0.2, 0.25) is 5.91 Å².